The second-order valence-corrected chi connectivity index (χ2v) is 5.58. The van der Waals surface area contributed by atoms with E-state index in [4.69, 9.17) is 21.1 Å². The Morgan fingerprint density at radius 3 is 2.29 bits per heavy atom. The van der Waals surface area contributed by atoms with E-state index in [1.165, 1.54) is 0 Å². The van der Waals surface area contributed by atoms with E-state index in [2.05, 4.69) is 5.32 Å². The lowest BCUT2D eigenvalue weighted by atomic mass is 10.1. The molecule has 1 N–H and O–H groups in total. The van der Waals surface area contributed by atoms with Crippen LogP contribution in [-0.2, 0) is 9.53 Å². The summed E-state index contributed by atoms with van der Waals surface area (Å²) in [5, 5.41) is 3.30. The molecule has 0 fully saturated rings. The number of rotatable bonds is 6. The minimum atomic E-state index is -0.570. The molecule has 0 radical (unpaired) electrons. The third-order valence-corrected chi connectivity index (χ3v) is 3.66. The van der Waals surface area contributed by atoms with E-state index < -0.39 is 5.97 Å². The normalized spacial score (nSPS) is 11.5. The van der Waals surface area contributed by atoms with Crippen LogP contribution in [0.5, 0.6) is 5.75 Å². The highest BCUT2D eigenvalue weighted by Gasteiger charge is 2.13. The molecule has 2 aromatic rings. The quantitative estimate of drug-likeness (QED) is 0.813. The summed E-state index contributed by atoms with van der Waals surface area (Å²) in [6.45, 7) is 1.50. The highest BCUT2D eigenvalue weighted by atomic mass is 35.5. The minimum Gasteiger partial charge on any atom is -0.497 e. The molecule has 6 heteroatoms. The number of benzene rings is 2. The van der Waals surface area contributed by atoms with Crippen LogP contribution in [0.3, 0.4) is 0 Å². The third kappa shape index (κ3) is 4.99. The lowest BCUT2D eigenvalue weighted by molar-refractivity contribution is -0.124. The fraction of sp³-hybridized carbons (Fsp3) is 0.222. The van der Waals surface area contributed by atoms with Gasteiger partial charge in [-0.15, -0.1) is 0 Å². The molecule has 0 spiro atoms. The molecule has 0 heterocycles. The van der Waals surface area contributed by atoms with Crippen LogP contribution in [-0.4, -0.2) is 25.6 Å². The number of carbonyl (C=O) groups is 2. The van der Waals surface area contributed by atoms with Crippen molar-refractivity contribution in [1.29, 1.82) is 0 Å². The molecule has 24 heavy (non-hydrogen) atoms. The first kappa shape index (κ1) is 17.8. The number of hydrogen-bond acceptors (Lipinski definition) is 4. The molecular formula is C18H18ClNO4. The van der Waals surface area contributed by atoms with Gasteiger partial charge in [0.2, 0.25) is 0 Å². The lowest BCUT2D eigenvalue weighted by Gasteiger charge is -2.15. The number of hydrogen-bond donors (Lipinski definition) is 1. The van der Waals surface area contributed by atoms with Gasteiger partial charge in [0.1, 0.15) is 5.75 Å². The molecule has 1 unspecified atom stereocenters. The zero-order valence-electron chi connectivity index (χ0n) is 13.4. The van der Waals surface area contributed by atoms with E-state index in [0.29, 0.717) is 10.6 Å². The summed E-state index contributed by atoms with van der Waals surface area (Å²) >= 11 is 5.75. The Balaban J connectivity index is 1.83. The number of ether oxygens (including phenoxy) is 2. The van der Waals surface area contributed by atoms with Crippen molar-refractivity contribution in [3.05, 3.63) is 64.7 Å². The van der Waals surface area contributed by atoms with Gasteiger partial charge in [-0.25, -0.2) is 4.79 Å². The van der Waals surface area contributed by atoms with Crippen molar-refractivity contribution in [1.82, 2.24) is 5.32 Å². The van der Waals surface area contributed by atoms with Gasteiger partial charge in [-0.3, -0.25) is 4.79 Å². The largest absolute Gasteiger partial charge is 0.497 e. The van der Waals surface area contributed by atoms with Crippen molar-refractivity contribution in [2.24, 2.45) is 0 Å². The van der Waals surface area contributed by atoms with Crippen LogP contribution in [0.1, 0.15) is 28.9 Å². The molecule has 5 nitrogen and oxygen atoms in total. The molecule has 0 saturated heterocycles. The first-order valence-corrected chi connectivity index (χ1v) is 7.73. The van der Waals surface area contributed by atoms with Crippen LogP contribution < -0.4 is 10.1 Å². The third-order valence-electron chi connectivity index (χ3n) is 3.41. The molecule has 1 amide bonds. The Kier molecular flexibility index (Phi) is 6.21. The Hall–Kier alpha value is -2.53. The summed E-state index contributed by atoms with van der Waals surface area (Å²) in [5.74, 6) is -0.200. The number of halogens is 1. The number of carbonyl (C=O) groups excluding carboxylic acids is 2. The highest BCUT2D eigenvalue weighted by molar-refractivity contribution is 6.30. The second kappa shape index (κ2) is 8.36. The van der Waals surface area contributed by atoms with Gasteiger partial charge in [0.05, 0.1) is 18.7 Å². The molecule has 0 bridgehead atoms. The van der Waals surface area contributed by atoms with E-state index in [9.17, 15) is 9.59 Å². The van der Waals surface area contributed by atoms with Crippen LogP contribution in [0.15, 0.2) is 48.5 Å². The summed E-state index contributed by atoms with van der Waals surface area (Å²) in [7, 11) is 1.59. The van der Waals surface area contributed by atoms with Gasteiger partial charge in [0, 0.05) is 5.02 Å². The van der Waals surface area contributed by atoms with Crippen LogP contribution >= 0.6 is 11.6 Å². The second-order valence-electron chi connectivity index (χ2n) is 5.15. The molecule has 0 aliphatic rings. The highest BCUT2D eigenvalue weighted by Crippen LogP contribution is 2.17. The molecule has 0 aliphatic heterocycles. The number of methoxy groups -OCH3 is 1. The standard InChI is InChI=1S/C18H18ClNO4/c1-12(13-5-9-16(23-2)10-6-13)20-17(21)11-24-18(22)14-3-7-15(19)8-4-14/h3-10,12H,11H2,1-2H3,(H,20,21). The van der Waals surface area contributed by atoms with Gasteiger partial charge >= 0.3 is 5.97 Å². The molecule has 0 saturated carbocycles. The zero-order valence-corrected chi connectivity index (χ0v) is 14.2. The van der Waals surface area contributed by atoms with Crippen LogP contribution in [0, 0.1) is 0 Å². The summed E-state index contributed by atoms with van der Waals surface area (Å²) < 4.78 is 10.1. The van der Waals surface area contributed by atoms with Crippen LogP contribution in [0.2, 0.25) is 5.02 Å². The number of esters is 1. The van der Waals surface area contributed by atoms with E-state index in [1.54, 1.807) is 31.4 Å². The van der Waals surface area contributed by atoms with E-state index in [1.807, 2.05) is 31.2 Å². The minimum absolute atomic E-state index is 0.211. The molecule has 2 rings (SSSR count). The molecule has 2 aromatic carbocycles. The predicted molar refractivity (Wildman–Crippen MR) is 91.3 cm³/mol. The fourth-order valence-electron chi connectivity index (χ4n) is 2.06. The van der Waals surface area contributed by atoms with Gasteiger partial charge in [-0.2, -0.15) is 0 Å². The van der Waals surface area contributed by atoms with Gasteiger partial charge in [0.25, 0.3) is 5.91 Å². The van der Waals surface area contributed by atoms with Crippen molar-refractivity contribution >= 4 is 23.5 Å². The first-order chi connectivity index (χ1) is 11.5. The van der Waals surface area contributed by atoms with E-state index in [0.717, 1.165) is 11.3 Å². The Bertz CT molecular complexity index is 698. The zero-order chi connectivity index (χ0) is 17.5. The average Bonchev–Trinajstić information content (AvgIpc) is 2.60. The van der Waals surface area contributed by atoms with E-state index >= 15 is 0 Å². The van der Waals surface area contributed by atoms with Crippen LogP contribution in [0.4, 0.5) is 0 Å². The molecular weight excluding hydrogens is 330 g/mol. The lowest BCUT2D eigenvalue weighted by Crippen LogP contribution is -2.31. The summed E-state index contributed by atoms with van der Waals surface area (Å²) in [6.07, 6.45) is 0. The first-order valence-electron chi connectivity index (χ1n) is 7.35. The average molecular weight is 348 g/mol. The maximum Gasteiger partial charge on any atom is 0.338 e. The van der Waals surface area contributed by atoms with Gasteiger partial charge < -0.3 is 14.8 Å². The van der Waals surface area contributed by atoms with Crippen LogP contribution in [0.25, 0.3) is 0 Å². The Labute approximate surface area is 145 Å². The van der Waals surface area contributed by atoms with Crippen molar-refractivity contribution < 1.29 is 19.1 Å². The number of amides is 1. The van der Waals surface area contributed by atoms with Gasteiger partial charge in [-0.1, -0.05) is 23.7 Å². The molecule has 126 valence electrons. The van der Waals surface area contributed by atoms with Crippen molar-refractivity contribution in [3.63, 3.8) is 0 Å². The summed E-state index contributed by atoms with van der Waals surface area (Å²) in [6, 6.07) is 13.4. The van der Waals surface area contributed by atoms with Crippen molar-refractivity contribution in [3.8, 4) is 5.75 Å². The maximum absolute atomic E-state index is 11.9. The SMILES string of the molecule is COc1ccc(C(C)NC(=O)COC(=O)c2ccc(Cl)cc2)cc1. The van der Waals surface area contributed by atoms with Crippen molar-refractivity contribution in [2.75, 3.05) is 13.7 Å². The van der Waals surface area contributed by atoms with Gasteiger partial charge in [0.15, 0.2) is 6.61 Å². The topological polar surface area (TPSA) is 64.6 Å². The molecule has 1 atom stereocenters. The monoisotopic (exact) mass is 347 g/mol. The van der Waals surface area contributed by atoms with Crippen molar-refractivity contribution in [2.45, 2.75) is 13.0 Å². The van der Waals surface area contributed by atoms with E-state index in [-0.39, 0.29) is 18.6 Å². The number of nitrogens with one attached hydrogen (secondary N) is 1. The Morgan fingerprint density at radius 2 is 1.71 bits per heavy atom. The summed E-state index contributed by atoms with van der Waals surface area (Å²) in [5.41, 5.74) is 1.27. The molecule has 0 aliphatic carbocycles. The fourth-order valence-corrected chi connectivity index (χ4v) is 2.19. The summed E-state index contributed by atoms with van der Waals surface area (Å²) in [4.78, 5) is 23.7. The Morgan fingerprint density at radius 1 is 1.08 bits per heavy atom. The predicted octanol–water partition coefficient (Wildman–Crippen LogP) is 3.38. The van der Waals surface area contributed by atoms with Gasteiger partial charge in [-0.05, 0) is 48.9 Å². The molecule has 0 aromatic heterocycles. The smallest absolute Gasteiger partial charge is 0.338 e. The maximum atomic E-state index is 11.9.